The SMILES string of the molecule is CC(C)[C@H]1C=C[C@@H](C(C)C)P1(=S)c1ccccc1. The van der Waals surface area contributed by atoms with Crippen LogP contribution < -0.4 is 5.30 Å². The Bertz CT molecular complexity index is 451. The first-order chi connectivity index (χ1) is 8.48. The molecular formula is C16H23PS. The zero-order valence-electron chi connectivity index (χ0n) is 11.7. The van der Waals surface area contributed by atoms with Gasteiger partial charge >= 0.3 is 0 Å². The molecule has 0 amide bonds. The third-order valence-corrected chi connectivity index (χ3v) is 10.4. The molecule has 18 heavy (non-hydrogen) atoms. The van der Waals surface area contributed by atoms with Crippen LogP contribution in [-0.4, -0.2) is 11.3 Å². The second-order valence-electron chi connectivity index (χ2n) is 5.90. The van der Waals surface area contributed by atoms with E-state index in [9.17, 15) is 0 Å². The molecule has 3 atom stereocenters. The number of rotatable bonds is 3. The Kier molecular flexibility index (Phi) is 4.14. The van der Waals surface area contributed by atoms with E-state index in [-0.39, 0.29) is 0 Å². The summed E-state index contributed by atoms with van der Waals surface area (Å²) >= 11 is 6.28. The summed E-state index contributed by atoms with van der Waals surface area (Å²) in [6, 6.07) is 9.32. The van der Waals surface area contributed by atoms with Crippen LogP contribution in [0.4, 0.5) is 0 Å². The number of hydrogen-bond donors (Lipinski definition) is 0. The number of hydrogen-bond acceptors (Lipinski definition) is 1. The average molecular weight is 278 g/mol. The summed E-state index contributed by atoms with van der Waals surface area (Å²) in [6.45, 7) is 9.23. The number of benzene rings is 1. The topological polar surface area (TPSA) is 0 Å². The lowest BCUT2D eigenvalue weighted by Crippen LogP contribution is -2.25. The van der Waals surface area contributed by atoms with Gasteiger partial charge in [0, 0.05) is 11.3 Å². The lowest BCUT2D eigenvalue weighted by atomic mass is 10.1. The molecule has 0 N–H and O–H groups in total. The van der Waals surface area contributed by atoms with Gasteiger partial charge in [-0.05, 0) is 23.2 Å². The Labute approximate surface area is 117 Å². The lowest BCUT2D eigenvalue weighted by Gasteiger charge is -2.34. The van der Waals surface area contributed by atoms with E-state index in [1.807, 2.05) is 0 Å². The molecule has 0 radical (unpaired) electrons. The highest BCUT2D eigenvalue weighted by atomic mass is 32.4. The fourth-order valence-electron chi connectivity index (χ4n) is 3.02. The summed E-state index contributed by atoms with van der Waals surface area (Å²) in [4.78, 5) is 0. The molecule has 1 aliphatic rings. The Morgan fingerprint density at radius 2 is 1.33 bits per heavy atom. The van der Waals surface area contributed by atoms with Gasteiger partial charge in [0.15, 0.2) is 0 Å². The Hall–Kier alpha value is -0.390. The molecule has 0 nitrogen and oxygen atoms in total. The Morgan fingerprint density at radius 3 is 1.72 bits per heavy atom. The molecule has 0 aliphatic carbocycles. The second kappa shape index (κ2) is 5.31. The van der Waals surface area contributed by atoms with Gasteiger partial charge in [-0.2, -0.15) is 0 Å². The fourth-order valence-corrected chi connectivity index (χ4v) is 9.47. The molecule has 0 fully saturated rings. The second-order valence-corrected chi connectivity index (χ2v) is 10.8. The standard InChI is InChI=1S/C16H23PS/c1-12(2)15-10-11-16(13(3)4)17(15,18)14-8-6-5-7-9-14/h5-13,15-16H,1-4H3/t15-,16+,17?. The van der Waals surface area contributed by atoms with Gasteiger partial charge in [-0.3, -0.25) is 0 Å². The van der Waals surface area contributed by atoms with Crippen LogP contribution in [0.1, 0.15) is 27.7 Å². The van der Waals surface area contributed by atoms with Crippen molar-refractivity contribution < 1.29 is 0 Å². The maximum atomic E-state index is 6.28. The maximum absolute atomic E-state index is 6.28. The van der Waals surface area contributed by atoms with E-state index in [0.29, 0.717) is 23.2 Å². The van der Waals surface area contributed by atoms with Gasteiger partial charge in [0.2, 0.25) is 0 Å². The lowest BCUT2D eigenvalue weighted by molar-refractivity contribution is 0.660. The first kappa shape index (κ1) is 14.0. The van der Waals surface area contributed by atoms with Crippen molar-refractivity contribution in [2.24, 2.45) is 11.8 Å². The molecule has 1 unspecified atom stereocenters. The summed E-state index contributed by atoms with van der Waals surface area (Å²) in [5.41, 5.74) is 1.14. The monoisotopic (exact) mass is 278 g/mol. The Morgan fingerprint density at radius 1 is 0.889 bits per heavy atom. The molecule has 1 aromatic carbocycles. The van der Waals surface area contributed by atoms with Crippen LogP contribution in [0, 0.1) is 11.8 Å². The molecule has 1 heterocycles. The van der Waals surface area contributed by atoms with Gasteiger partial charge in [-0.25, -0.2) is 0 Å². The highest BCUT2D eigenvalue weighted by Gasteiger charge is 2.41. The highest BCUT2D eigenvalue weighted by molar-refractivity contribution is 8.19. The van der Waals surface area contributed by atoms with Crippen LogP contribution in [-0.2, 0) is 11.8 Å². The summed E-state index contributed by atoms with van der Waals surface area (Å²) in [5.74, 6) is 1.27. The largest absolute Gasteiger partial charge is 0.0913 e. The third-order valence-electron chi connectivity index (χ3n) is 3.92. The minimum absolute atomic E-state index is 0.572. The zero-order valence-corrected chi connectivity index (χ0v) is 13.4. The van der Waals surface area contributed by atoms with E-state index >= 15 is 0 Å². The van der Waals surface area contributed by atoms with Gasteiger partial charge in [-0.1, -0.05) is 82.0 Å². The van der Waals surface area contributed by atoms with Crippen LogP contribution in [0.5, 0.6) is 0 Å². The molecule has 0 spiro atoms. The van der Waals surface area contributed by atoms with E-state index < -0.39 is 6.04 Å². The van der Waals surface area contributed by atoms with Crippen molar-refractivity contribution in [3.05, 3.63) is 42.5 Å². The average Bonchev–Trinajstić information content (AvgIpc) is 2.69. The smallest absolute Gasteiger partial charge is 0.0127 e. The van der Waals surface area contributed by atoms with E-state index in [4.69, 9.17) is 11.8 Å². The predicted molar refractivity (Wildman–Crippen MR) is 86.8 cm³/mol. The first-order valence-electron chi connectivity index (χ1n) is 6.81. The van der Waals surface area contributed by atoms with Crippen LogP contribution >= 0.6 is 6.04 Å². The van der Waals surface area contributed by atoms with Gasteiger partial charge in [0.25, 0.3) is 0 Å². The van der Waals surface area contributed by atoms with Gasteiger partial charge in [0.1, 0.15) is 0 Å². The highest BCUT2D eigenvalue weighted by Crippen LogP contribution is 2.63. The summed E-state index contributed by atoms with van der Waals surface area (Å²) in [5, 5.41) is 1.42. The van der Waals surface area contributed by atoms with Crippen LogP contribution in [0.15, 0.2) is 42.5 Å². The molecule has 98 valence electrons. The van der Waals surface area contributed by atoms with E-state index in [1.54, 1.807) is 0 Å². The van der Waals surface area contributed by atoms with Crippen molar-refractivity contribution in [3.63, 3.8) is 0 Å². The van der Waals surface area contributed by atoms with Crippen molar-refractivity contribution in [3.8, 4) is 0 Å². The molecule has 0 saturated heterocycles. The van der Waals surface area contributed by atoms with Crippen molar-refractivity contribution in [2.45, 2.75) is 39.0 Å². The van der Waals surface area contributed by atoms with Crippen LogP contribution in [0.3, 0.4) is 0 Å². The van der Waals surface area contributed by atoms with Gasteiger partial charge in [-0.15, -0.1) is 0 Å². The summed E-state index contributed by atoms with van der Waals surface area (Å²) < 4.78 is 0. The molecular weight excluding hydrogens is 255 g/mol. The third kappa shape index (κ3) is 2.24. The van der Waals surface area contributed by atoms with Crippen molar-refractivity contribution in [1.29, 1.82) is 0 Å². The quantitative estimate of drug-likeness (QED) is 0.583. The van der Waals surface area contributed by atoms with E-state index in [1.165, 1.54) is 5.30 Å². The zero-order chi connectivity index (χ0) is 13.3. The molecule has 2 heteroatoms. The molecule has 0 saturated carbocycles. The number of allylic oxidation sites excluding steroid dienone is 2. The van der Waals surface area contributed by atoms with Crippen molar-refractivity contribution in [2.75, 3.05) is 0 Å². The van der Waals surface area contributed by atoms with Crippen molar-refractivity contribution >= 4 is 23.1 Å². The van der Waals surface area contributed by atoms with E-state index in [0.717, 1.165) is 0 Å². The fraction of sp³-hybridized carbons (Fsp3) is 0.500. The van der Waals surface area contributed by atoms with Crippen molar-refractivity contribution in [1.82, 2.24) is 0 Å². The first-order valence-corrected chi connectivity index (χ1v) is 9.75. The summed E-state index contributed by atoms with van der Waals surface area (Å²) in [6.07, 6.45) is 4.81. The minimum Gasteiger partial charge on any atom is -0.0913 e. The molecule has 0 aromatic heterocycles. The van der Waals surface area contributed by atoms with Gasteiger partial charge in [0.05, 0.1) is 0 Å². The molecule has 0 bridgehead atoms. The normalized spacial score (nSPS) is 31.4. The van der Waals surface area contributed by atoms with Gasteiger partial charge < -0.3 is 0 Å². The maximum Gasteiger partial charge on any atom is 0.0127 e. The minimum atomic E-state index is -1.53. The predicted octanol–water partition coefficient (Wildman–Crippen LogP) is 4.41. The van der Waals surface area contributed by atoms with Crippen LogP contribution in [0.2, 0.25) is 0 Å². The molecule has 1 aromatic rings. The van der Waals surface area contributed by atoms with E-state index in [2.05, 4.69) is 70.2 Å². The van der Waals surface area contributed by atoms with Crippen LogP contribution in [0.25, 0.3) is 0 Å². The Balaban J connectivity index is 2.51. The molecule has 2 rings (SSSR count). The molecule has 1 aliphatic heterocycles. The summed E-state index contributed by atoms with van der Waals surface area (Å²) in [7, 11) is 0.